The lowest BCUT2D eigenvalue weighted by Crippen LogP contribution is -3.00. The summed E-state index contributed by atoms with van der Waals surface area (Å²) in [5.41, 5.74) is 4.38. The first kappa shape index (κ1) is 11.9. The van der Waals surface area contributed by atoms with Gasteiger partial charge in [0.05, 0.1) is 6.54 Å². The van der Waals surface area contributed by atoms with E-state index < -0.39 is 12.2 Å². The van der Waals surface area contributed by atoms with Crippen molar-refractivity contribution in [3.8, 4) is 0 Å². The zero-order valence-electron chi connectivity index (χ0n) is 6.90. The van der Waals surface area contributed by atoms with Crippen LogP contribution in [0.5, 0.6) is 0 Å². The summed E-state index contributed by atoms with van der Waals surface area (Å²) in [6, 6.07) is 0. The average molecular weight is 196 g/mol. The van der Waals surface area contributed by atoms with Crippen LogP contribution in [0.15, 0.2) is 11.6 Å². The van der Waals surface area contributed by atoms with E-state index in [1.165, 1.54) is 7.11 Å². The maximum Gasteiger partial charge on any atom is 0.114 e. The average Bonchev–Trinajstić information content (AvgIpc) is 2.30. The maximum atomic E-state index is 9.32. The Morgan fingerprint density at radius 2 is 2.17 bits per heavy atom. The summed E-state index contributed by atoms with van der Waals surface area (Å²) < 4.78 is 4.91. The Morgan fingerprint density at radius 3 is 2.42 bits per heavy atom. The molecule has 0 aromatic carbocycles. The zero-order chi connectivity index (χ0) is 8.43. The molecule has 0 aliphatic heterocycles. The molecule has 4 nitrogen and oxygen atoms in total. The Hall–Kier alpha value is -0.130. The van der Waals surface area contributed by atoms with Gasteiger partial charge in [-0.25, -0.2) is 0 Å². The van der Waals surface area contributed by atoms with Gasteiger partial charge in [-0.05, 0) is 6.08 Å². The van der Waals surface area contributed by atoms with Gasteiger partial charge in [-0.2, -0.15) is 0 Å². The molecular weight excluding hydrogens is 182 g/mol. The first-order chi connectivity index (χ1) is 5.20. The van der Waals surface area contributed by atoms with Gasteiger partial charge in [-0.1, -0.05) is 0 Å². The van der Waals surface area contributed by atoms with E-state index in [4.69, 9.17) is 4.74 Å². The minimum Gasteiger partial charge on any atom is -1.00 e. The molecule has 0 saturated heterocycles. The second-order valence-electron chi connectivity index (χ2n) is 2.63. The smallest absolute Gasteiger partial charge is 0.114 e. The summed E-state index contributed by atoms with van der Waals surface area (Å²) in [6.07, 6.45) is -0.265. The van der Waals surface area contributed by atoms with E-state index in [0.717, 1.165) is 5.57 Å². The third kappa shape index (κ3) is 1.97. The van der Waals surface area contributed by atoms with Crippen LogP contribution in [0.3, 0.4) is 0 Å². The molecule has 0 saturated carbocycles. The van der Waals surface area contributed by atoms with Gasteiger partial charge in [-0.15, -0.1) is 0 Å². The van der Waals surface area contributed by atoms with E-state index in [9.17, 15) is 10.2 Å². The third-order valence-electron chi connectivity index (χ3n) is 1.98. The Kier molecular flexibility index (Phi) is 4.74. The summed E-state index contributed by atoms with van der Waals surface area (Å²) in [5.74, 6) is 0. The van der Waals surface area contributed by atoms with Gasteiger partial charge in [0.2, 0.25) is 0 Å². The van der Waals surface area contributed by atoms with Gasteiger partial charge in [0.1, 0.15) is 18.3 Å². The first-order valence-electron chi connectivity index (χ1n) is 3.59. The summed E-state index contributed by atoms with van der Waals surface area (Å²) in [4.78, 5) is 0. The van der Waals surface area contributed by atoms with E-state index in [1.807, 2.05) is 0 Å². The molecule has 0 bridgehead atoms. The number of quaternary nitrogens is 1. The van der Waals surface area contributed by atoms with Crippen LogP contribution in [0.1, 0.15) is 0 Å². The van der Waals surface area contributed by atoms with Crippen molar-refractivity contribution in [2.75, 3.05) is 13.7 Å². The number of methoxy groups -OCH3 is 1. The van der Waals surface area contributed by atoms with Crippen molar-refractivity contribution in [3.63, 3.8) is 0 Å². The molecule has 0 fully saturated rings. The monoisotopic (exact) mass is 195 g/mol. The summed E-state index contributed by atoms with van der Waals surface area (Å²) in [5, 5.41) is 18.6. The topological polar surface area (TPSA) is 77.3 Å². The van der Waals surface area contributed by atoms with Gasteiger partial charge in [0.15, 0.2) is 0 Å². The predicted molar refractivity (Wildman–Crippen MR) is 38.6 cm³/mol. The van der Waals surface area contributed by atoms with Gasteiger partial charge >= 0.3 is 0 Å². The fourth-order valence-electron chi connectivity index (χ4n) is 1.25. The largest absolute Gasteiger partial charge is 1.00 e. The van der Waals surface area contributed by atoms with E-state index in [0.29, 0.717) is 6.54 Å². The third-order valence-corrected chi connectivity index (χ3v) is 1.98. The van der Waals surface area contributed by atoms with Gasteiger partial charge in [0.25, 0.3) is 0 Å². The van der Waals surface area contributed by atoms with Crippen molar-refractivity contribution < 1.29 is 33.1 Å². The van der Waals surface area contributed by atoms with E-state index in [-0.39, 0.29) is 18.5 Å². The molecule has 1 rings (SSSR count). The minimum atomic E-state index is -0.822. The molecule has 5 N–H and O–H groups in total. The molecule has 0 aromatic heterocycles. The lowest BCUT2D eigenvalue weighted by molar-refractivity contribution is -0.357. The number of ether oxygens (including phenoxy) is 1. The maximum absolute atomic E-state index is 9.32. The van der Waals surface area contributed by atoms with Crippen LogP contribution < -0.4 is 18.1 Å². The minimum absolute atomic E-state index is 0. The molecule has 0 heterocycles. The molecule has 0 spiro atoms. The highest BCUT2D eigenvalue weighted by Crippen LogP contribution is 2.20. The number of aliphatic hydroxyl groups excluding tert-OH is 2. The second kappa shape index (κ2) is 4.79. The van der Waals surface area contributed by atoms with Gasteiger partial charge in [0, 0.05) is 12.7 Å². The van der Waals surface area contributed by atoms with Crippen LogP contribution in [0.25, 0.3) is 0 Å². The van der Waals surface area contributed by atoms with E-state index in [1.54, 1.807) is 6.08 Å². The van der Waals surface area contributed by atoms with E-state index >= 15 is 0 Å². The van der Waals surface area contributed by atoms with Crippen LogP contribution >= 0.6 is 0 Å². The van der Waals surface area contributed by atoms with Crippen LogP contribution in [-0.2, 0) is 4.74 Å². The highest BCUT2D eigenvalue weighted by molar-refractivity contribution is 5.22. The number of hydrogen-bond donors (Lipinski definition) is 3. The number of hydrogen-bond acceptors (Lipinski definition) is 3. The van der Waals surface area contributed by atoms with Crippen molar-refractivity contribution in [2.24, 2.45) is 0 Å². The Morgan fingerprint density at radius 1 is 1.58 bits per heavy atom. The van der Waals surface area contributed by atoms with Crippen LogP contribution in [0, 0.1) is 0 Å². The Labute approximate surface area is 77.4 Å². The fraction of sp³-hybridized carbons (Fsp3) is 0.714. The number of rotatable bonds is 2. The molecule has 12 heavy (non-hydrogen) atoms. The molecule has 0 unspecified atom stereocenters. The molecule has 3 atom stereocenters. The zero-order valence-corrected chi connectivity index (χ0v) is 7.66. The van der Waals surface area contributed by atoms with Gasteiger partial charge < -0.3 is 33.1 Å². The molecular formula is C7H14ClNO3. The molecule has 1 aliphatic carbocycles. The van der Waals surface area contributed by atoms with Crippen molar-refractivity contribution in [1.29, 1.82) is 0 Å². The molecule has 5 heteroatoms. The molecule has 72 valence electrons. The van der Waals surface area contributed by atoms with Crippen molar-refractivity contribution >= 4 is 0 Å². The molecule has 0 aromatic rings. The van der Waals surface area contributed by atoms with Crippen molar-refractivity contribution in [1.82, 2.24) is 0 Å². The Bertz CT molecular complexity index is 174. The van der Waals surface area contributed by atoms with Gasteiger partial charge in [-0.3, -0.25) is 0 Å². The summed E-state index contributed by atoms with van der Waals surface area (Å²) in [6.45, 7) is 0.512. The molecule has 0 radical (unpaired) electrons. The number of aliphatic hydroxyl groups is 2. The Balaban J connectivity index is 0.00000121. The molecule has 1 aliphatic rings. The standard InChI is InChI=1S/C7H13NO3.ClH/c1-11-5-2-4(3-8)6(9)7(5)10;/h2,5-7,9-10H,3,8H2,1H3;1H/t5-,6-,7+;/m0./s1. The fourth-order valence-corrected chi connectivity index (χ4v) is 1.25. The quantitative estimate of drug-likeness (QED) is 0.386. The second-order valence-corrected chi connectivity index (χ2v) is 2.63. The number of halogens is 1. The highest BCUT2D eigenvalue weighted by Gasteiger charge is 2.34. The SMILES string of the molecule is CO[C@H]1C=C(C[NH3+])[C@H](O)[C@@H]1O.[Cl-]. The van der Waals surface area contributed by atoms with Crippen LogP contribution in [0.2, 0.25) is 0 Å². The van der Waals surface area contributed by atoms with Crippen LogP contribution in [0.4, 0.5) is 0 Å². The van der Waals surface area contributed by atoms with Crippen molar-refractivity contribution in [2.45, 2.75) is 18.3 Å². The normalized spacial score (nSPS) is 34.3. The predicted octanol–water partition coefficient (Wildman–Crippen LogP) is -5.09. The molecule has 0 amide bonds. The lowest BCUT2D eigenvalue weighted by atomic mass is 10.1. The summed E-state index contributed by atoms with van der Waals surface area (Å²) in [7, 11) is 1.50. The first-order valence-corrected chi connectivity index (χ1v) is 3.59. The van der Waals surface area contributed by atoms with Crippen molar-refractivity contribution in [3.05, 3.63) is 11.6 Å². The lowest BCUT2D eigenvalue weighted by Gasteiger charge is -2.14. The highest BCUT2D eigenvalue weighted by atomic mass is 35.5. The summed E-state index contributed by atoms with van der Waals surface area (Å²) >= 11 is 0. The van der Waals surface area contributed by atoms with E-state index in [2.05, 4.69) is 5.73 Å². The van der Waals surface area contributed by atoms with Crippen LogP contribution in [-0.4, -0.2) is 42.2 Å².